The van der Waals surface area contributed by atoms with E-state index in [2.05, 4.69) is 15.2 Å². The van der Waals surface area contributed by atoms with Crippen molar-refractivity contribution in [3.05, 3.63) is 60.2 Å². The Balaban J connectivity index is 1.18. The van der Waals surface area contributed by atoms with Gasteiger partial charge in [-0.25, -0.2) is 4.98 Å². The Morgan fingerprint density at radius 2 is 1.90 bits per heavy atom. The van der Waals surface area contributed by atoms with Crippen LogP contribution in [0.3, 0.4) is 0 Å². The number of hydrogen-bond acceptors (Lipinski definition) is 7. The van der Waals surface area contributed by atoms with Crippen LogP contribution in [0, 0.1) is 0 Å². The molecule has 1 aliphatic rings. The lowest BCUT2D eigenvalue weighted by molar-refractivity contribution is 0.0825. The second-order valence-corrected chi connectivity index (χ2v) is 7.85. The van der Waals surface area contributed by atoms with Crippen LogP contribution in [0.1, 0.15) is 24.2 Å². The molecule has 0 spiro atoms. The van der Waals surface area contributed by atoms with Gasteiger partial charge in [0.2, 0.25) is 0 Å². The molecule has 29 heavy (non-hydrogen) atoms. The summed E-state index contributed by atoms with van der Waals surface area (Å²) in [5, 5.41) is 9.52. The first-order chi connectivity index (χ1) is 14.3. The van der Waals surface area contributed by atoms with Gasteiger partial charge < -0.3 is 18.5 Å². The van der Waals surface area contributed by atoms with Crippen molar-refractivity contribution in [3.63, 3.8) is 0 Å². The van der Waals surface area contributed by atoms with Crippen molar-refractivity contribution in [1.82, 2.24) is 19.7 Å². The number of ether oxygens (including phenoxy) is 2. The third kappa shape index (κ3) is 3.67. The van der Waals surface area contributed by atoms with Crippen molar-refractivity contribution < 1.29 is 13.9 Å². The molecule has 1 aliphatic heterocycles. The quantitative estimate of drug-likeness (QED) is 0.350. The van der Waals surface area contributed by atoms with E-state index in [4.69, 9.17) is 13.9 Å². The first-order valence-electron chi connectivity index (χ1n) is 9.53. The van der Waals surface area contributed by atoms with Crippen LogP contribution >= 0.6 is 11.8 Å². The maximum atomic E-state index is 6.05. The van der Waals surface area contributed by atoms with E-state index in [0.29, 0.717) is 6.61 Å². The molecule has 148 valence electrons. The largest absolute Gasteiger partial charge is 0.485 e. The molecule has 1 atom stereocenters. The zero-order valence-corrected chi connectivity index (χ0v) is 16.8. The third-order valence-corrected chi connectivity index (χ3v) is 5.88. The standard InChI is InChI=1S/C21H20N4O3S/c1-25-20(18-13-26-16-9-4-5-10-17(16)27-18)23-24-21(25)29-12-6-11-19-22-14-7-2-3-8-15(14)28-19/h2-5,7-10,18H,6,11-13H2,1H3. The van der Waals surface area contributed by atoms with Gasteiger partial charge in [0.25, 0.3) is 0 Å². The molecule has 2 aromatic carbocycles. The van der Waals surface area contributed by atoms with E-state index in [-0.39, 0.29) is 6.10 Å². The Morgan fingerprint density at radius 3 is 2.79 bits per heavy atom. The van der Waals surface area contributed by atoms with Gasteiger partial charge in [0.05, 0.1) is 0 Å². The monoisotopic (exact) mass is 408 g/mol. The van der Waals surface area contributed by atoms with Gasteiger partial charge in [-0.1, -0.05) is 36.0 Å². The van der Waals surface area contributed by atoms with E-state index in [9.17, 15) is 0 Å². The minimum Gasteiger partial charge on any atom is -0.485 e. The van der Waals surface area contributed by atoms with Gasteiger partial charge in [-0.3, -0.25) is 0 Å². The molecule has 0 amide bonds. The molecule has 7 nitrogen and oxygen atoms in total. The number of nitrogens with zero attached hydrogens (tertiary/aromatic N) is 4. The molecule has 4 aromatic rings. The van der Waals surface area contributed by atoms with E-state index < -0.39 is 0 Å². The van der Waals surface area contributed by atoms with E-state index >= 15 is 0 Å². The maximum absolute atomic E-state index is 6.05. The molecule has 8 heteroatoms. The Kier molecular flexibility index (Phi) is 4.85. The topological polar surface area (TPSA) is 75.2 Å². The summed E-state index contributed by atoms with van der Waals surface area (Å²) in [4.78, 5) is 4.52. The number of oxazole rings is 1. The molecule has 0 aliphatic carbocycles. The average molecular weight is 408 g/mol. The number of benzene rings is 2. The SMILES string of the molecule is Cn1c(SCCCc2nc3ccccc3o2)nnc1C1COc2ccccc2O1. The predicted octanol–water partition coefficient (Wildman–Crippen LogP) is 4.19. The van der Waals surface area contributed by atoms with E-state index in [1.165, 1.54) is 0 Å². The first kappa shape index (κ1) is 18.1. The first-order valence-corrected chi connectivity index (χ1v) is 10.5. The molecule has 0 bridgehead atoms. The van der Waals surface area contributed by atoms with Crippen LogP contribution in [0.25, 0.3) is 11.1 Å². The summed E-state index contributed by atoms with van der Waals surface area (Å²) < 4.78 is 19.6. The number of aromatic nitrogens is 4. The van der Waals surface area contributed by atoms with Crippen LogP contribution in [-0.2, 0) is 13.5 Å². The molecule has 2 aromatic heterocycles. The van der Waals surface area contributed by atoms with Crippen molar-refractivity contribution in [2.45, 2.75) is 24.1 Å². The fourth-order valence-corrected chi connectivity index (χ4v) is 4.15. The lowest BCUT2D eigenvalue weighted by Gasteiger charge is -2.25. The third-order valence-electron chi connectivity index (χ3n) is 4.77. The van der Waals surface area contributed by atoms with Crippen molar-refractivity contribution >= 4 is 22.9 Å². The molecule has 0 radical (unpaired) electrons. The van der Waals surface area contributed by atoms with Gasteiger partial charge in [0.15, 0.2) is 40.1 Å². The van der Waals surface area contributed by atoms with E-state index in [1.807, 2.05) is 60.1 Å². The van der Waals surface area contributed by atoms with Crippen molar-refractivity contribution in [2.75, 3.05) is 12.4 Å². The van der Waals surface area contributed by atoms with Gasteiger partial charge >= 0.3 is 0 Å². The molecule has 1 unspecified atom stereocenters. The van der Waals surface area contributed by atoms with Crippen molar-refractivity contribution in [2.24, 2.45) is 7.05 Å². The van der Waals surface area contributed by atoms with E-state index in [1.54, 1.807) is 11.8 Å². The summed E-state index contributed by atoms with van der Waals surface area (Å²) in [5.74, 6) is 3.94. The van der Waals surface area contributed by atoms with Gasteiger partial charge in [-0.05, 0) is 30.7 Å². The number of thioether (sulfide) groups is 1. The van der Waals surface area contributed by atoms with Gasteiger partial charge in [0.1, 0.15) is 12.1 Å². The number of hydrogen-bond donors (Lipinski definition) is 0. The Morgan fingerprint density at radius 1 is 1.07 bits per heavy atom. The Bertz CT molecular complexity index is 1110. The van der Waals surface area contributed by atoms with Gasteiger partial charge in [-0.15, -0.1) is 10.2 Å². The van der Waals surface area contributed by atoms with Crippen molar-refractivity contribution in [3.8, 4) is 11.5 Å². The maximum Gasteiger partial charge on any atom is 0.195 e. The zero-order chi connectivity index (χ0) is 19.6. The second-order valence-electron chi connectivity index (χ2n) is 6.79. The zero-order valence-electron chi connectivity index (χ0n) is 15.9. The van der Waals surface area contributed by atoms with Crippen LogP contribution in [0.4, 0.5) is 0 Å². The summed E-state index contributed by atoms with van der Waals surface area (Å²) in [5.41, 5.74) is 1.74. The average Bonchev–Trinajstić information content (AvgIpc) is 3.34. The summed E-state index contributed by atoms with van der Waals surface area (Å²) in [6.07, 6.45) is 1.47. The fourth-order valence-electron chi connectivity index (χ4n) is 3.29. The summed E-state index contributed by atoms with van der Waals surface area (Å²) in [6, 6.07) is 15.5. The molecule has 0 saturated carbocycles. The smallest absolute Gasteiger partial charge is 0.195 e. The normalized spacial score (nSPS) is 15.7. The van der Waals surface area contributed by atoms with Crippen LogP contribution in [0.15, 0.2) is 58.1 Å². The highest BCUT2D eigenvalue weighted by atomic mass is 32.2. The molecular formula is C21H20N4O3S. The minimum atomic E-state index is -0.267. The molecule has 0 fully saturated rings. The molecular weight excluding hydrogens is 388 g/mol. The lowest BCUT2D eigenvalue weighted by atomic mass is 10.2. The van der Waals surface area contributed by atoms with Crippen LogP contribution < -0.4 is 9.47 Å². The summed E-state index contributed by atoms with van der Waals surface area (Å²) in [7, 11) is 1.96. The van der Waals surface area contributed by atoms with Crippen LogP contribution in [0.5, 0.6) is 11.5 Å². The number of aryl methyl sites for hydroxylation is 1. The fraction of sp³-hybridized carbons (Fsp3) is 0.286. The highest BCUT2D eigenvalue weighted by molar-refractivity contribution is 7.99. The number of fused-ring (bicyclic) bond motifs is 2. The van der Waals surface area contributed by atoms with Crippen LogP contribution in [-0.4, -0.2) is 32.1 Å². The summed E-state index contributed by atoms with van der Waals surface area (Å²) in [6.45, 7) is 0.422. The molecule has 0 saturated heterocycles. The highest BCUT2D eigenvalue weighted by Gasteiger charge is 2.27. The van der Waals surface area contributed by atoms with Gasteiger partial charge in [0, 0.05) is 19.2 Å². The van der Waals surface area contributed by atoms with Crippen LogP contribution in [0.2, 0.25) is 0 Å². The van der Waals surface area contributed by atoms with Crippen molar-refractivity contribution in [1.29, 1.82) is 0 Å². The molecule has 3 heterocycles. The molecule has 0 N–H and O–H groups in total. The molecule has 5 rings (SSSR count). The lowest BCUT2D eigenvalue weighted by Crippen LogP contribution is -2.24. The minimum absolute atomic E-state index is 0.267. The Hall–Kier alpha value is -3.00. The predicted molar refractivity (Wildman–Crippen MR) is 109 cm³/mol. The second kappa shape index (κ2) is 7.79. The van der Waals surface area contributed by atoms with E-state index in [0.717, 1.165) is 58.1 Å². The number of para-hydroxylation sites is 4. The highest BCUT2D eigenvalue weighted by Crippen LogP contribution is 2.35. The van der Waals surface area contributed by atoms with Gasteiger partial charge in [-0.2, -0.15) is 0 Å². The number of rotatable bonds is 6. The Labute approximate surface area is 172 Å². The summed E-state index contributed by atoms with van der Waals surface area (Å²) >= 11 is 1.67.